The molecule has 1 N–H and O–H groups in total. The summed E-state index contributed by atoms with van der Waals surface area (Å²) in [4.78, 5) is 0. The second kappa shape index (κ2) is 3.61. The van der Waals surface area contributed by atoms with Gasteiger partial charge in [0.05, 0.1) is 5.60 Å². The fourth-order valence-electron chi connectivity index (χ4n) is 3.52. The van der Waals surface area contributed by atoms with Gasteiger partial charge in [0.25, 0.3) is 0 Å². The predicted octanol–water partition coefficient (Wildman–Crippen LogP) is 3.36. The van der Waals surface area contributed by atoms with E-state index in [-0.39, 0.29) is 0 Å². The summed E-state index contributed by atoms with van der Waals surface area (Å²) in [5, 5.41) is 10.1. The van der Waals surface area contributed by atoms with Crippen LogP contribution in [0.4, 0.5) is 0 Å². The summed E-state index contributed by atoms with van der Waals surface area (Å²) in [6, 6.07) is 0. The summed E-state index contributed by atoms with van der Waals surface area (Å²) < 4.78 is 0. The molecule has 0 bridgehead atoms. The van der Waals surface area contributed by atoms with Crippen molar-refractivity contribution in [3.8, 4) is 0 Å². The van der Waals surface area contributed by atoms with Crippen molar-refractivity contribution in [1.82, 2.24) is 0 Å². The highest BCUT2D eigenvalue weighted by Crippen LogP contribution is 2.46. The molecule has 0 amide bonds. The molecule has 0 heterocycles. The van der Waals surface area contributed by atoms with Crippen LogP contribution in [0.2, 0.25) is 0 Å². The molecule has 0 radical (unpaired) electrons. The van der Waals surface area contributed by atoms with Crippen molar-refractivity contribution in [3.05, 3.63) is 0 Å². The van der Waals surface area contributed by atoms with E-state index >= 15 is 0 Å². The van der Waals surface area contributed by atoms with Gasteiger partial charge in [-0.05, 0) is 43.9 Å². The third-order valence-electron chi connectivity index (χ3n) is 3.29. The Morgan fingerprint density at radius 1 is 1.31 bits per heavy atom. The quantitative estimate of drug-likeness (QED) is 0.697. The van der Waals surface area contributed by atoms with E-state index in [2.05, 4.69) is 20.8 Å². The molecule has 0 spiro atoms. The zero-order chi connectivity index (χ0) is 10.1. The van der Waals surface area contributed by atoms with Gasteiger partial charge in [0.2, 0.25) is 0 Å². The van der Waals surface area contributed by atoms with Crippen LogP contribution in [0.15, 0.2) is 0 Å². The van der Waals surface area contributed by atoms with Gasteiger partial charge in [-0.3, -0.25) is 0 Å². The Balaban J connectivity index is 2.66. The van der Waals surface area contributed by atoms with Gasteiger partial charge in [-0.2, -0.15) is 0 Å². The first kappa shape index (κ1) is 11.0. The van der Waals surface area contributed by atoms with Crippen LogP contribution in [-0.4, -0.2) is 10.7 Å². The molecule has 3 atom stereocenters. The molecule has 0 aromatic rings. The highest BCUT2D eigenvalue weighted by Gasteiger charge is 2.40. The number of rotatable bonds is 2. The highest BCUT2D eigenvalue weighted by atomic mass is 16.3. The van der Waals surface area contributed by atoms with Gasteiger partial charge >= 0.3 is 0 Å². The van der Waals surface area contributed by atoms with E-state index < -0.39 is 5.60 Å². The maximum absolute atomic E-state index is 10.1. The van der Waals surface area contributed by atoms with Crippen molar-refractivity contribution >= 4 is 0 Å². The third kappa shape index (κ3) is 2.98. The Labute approximate surface area is 82.5 Å². The molecule has 0 aromatic heterocycles. The Hall–Kier alpha value is -0.0400. The molecule has 1 fully saturated rings. The molecule has 0 saturated heterocycles. The summed E-state index contributed by atoms with van der Waals surface area (Å²) in [6.45, 7) is 8.83. The van der Waals surface area contributed by atoms with E-state index in [0.717, 1.165) is 12.8 Å². The number of hydrogen-bond donors (Lipinski definition) is 1. The minimum absolute atomic E-state index is 0.385. The lowest BCUT2D eigenvalue weighted by molar-refractivity contribution is -0.0525. The standard InChI is InChI=1S/C12H24O/c1-5-6-11(3)7-10(2)8-12(4,13)9-11/h10,13H,5-9H2,1-4H3/t10-,11-,12+/m0/s1. The summed E-state index contributed by atoms with van der Waals surface area (Å²) in [7, 11) is 0. The van der Waals surface area contributed by atoms with Crippen molar-refractivity contribution in [2.75, 3.05) is 0 Å². The second-order valence-electron chi connectivity index (χ2n) is 5.75. The molecule has 1 rings (SSSR count). The fraction of sp³-hybridized carbons (Fsp3) is 1.00. The van der Waals surface area contributed by atoms with Crippen LogP contribution in [0.25, 0.3) is 0 Å². The molecule has 1 nitrogen and oxygen atoms in total. The molecule has 13 heavy (non-hydrogen) atoms. The first-order chi connectivity index (χ1) is 5.87. The van der Waals surface area contributed by atoms with E-state index in [1.165, 1.54) is 19.3 Å². The largest absolute Gasteiger partial charge is 0.390 e. The average Bonchev–Trinajstić information content (AvgIpc) is 1.78. The molecule has 0 aliphatic heterocycles. The van der Waals surface area contributed by atoms with Crippen LogP contribution in [0.5, 0.6) is 0 Å². The van der Waals surface area contributed by atoms with Crippen LogP contribution in [-0.2, 0) is 0 Å². The van der Waals surface area contributed by atoms with E-state index in [1.807, 2.05) is 6.92 Å². The zero-order valence-corrected chi connectivity index (χ0v) is 9.56. The molecule has 1 aliphatic carbocycles. The topological polar surface area (TPSA) is 20.2 Å². The van der Waals surface area contributed by atoms with Gasteiger partial charge in [-0.1, -0.05) is 27.2 Å². The van der Waals surface area contributed by atoms with Gasteiger partial charge in [0, 0.05) is 0 Å². The maximum Gasteiger partial charge on any atom is 0.0627 e. The first-order valence-corrected chi connectivity index (χ1v) is 5.59. The van der Waals surface area contributed by atoms with Crippen LogP contribution in [0, 0.1) is 11.3 Å². The number of hydrogen-bond acceptors (Lipinski definition) is 1. The van der Waals surface area contributed by atoms with Gasteiger partial charge in [-0.15, -0.1) is 0 Å². The normalized spacial score (nSPS) is 46.4. The first-order valence-electron chi connectivity index (χ1n) is 5.59. The van der Waals surface area contributed by atoms with Crippen LogP contribution >= 0.6 is 0 Å². The maximum atomic E-state index is 10.1. The Bertz CT molecular complexity index is 174. The summed E-state index contributed by atoms with van der Waals surface area (Å²) in [5.74, 6) is 0.681. The lowest BCUT2D eigenvalue weighted by Crippen LogP contribution is -2.40. The average molecular weight is 184 g/mol. The fourth-order valence-corrected chi connectivity index (χ4v) is 3.52. The highest BCUT2D eigenvalue weighted by molar-refractivity contribution is 4.92. The molecule has 1 aliphatic rings. The summed E-state index contributed by atoms with van der Waals surface area (Å²) in [6.07, 6.45) is 5.74. The SMILES string of the molecule is CCC[C@@]1(C)C[C@H](C)C[C@@](C)(O)C1. The van der Waals surface area contributed by atoms with Crippen molar-refractivity contribution in [1.29, 1.82) is 0 Å². The van der Waals surface area contributed by atoms with Crippen LogP contribution < -0.4 is 0 Å². The van der Waals surface area contributed by atoms with Gasteiger partial charge in [0.15, 0.2) is 0 Å². The molecule has 78 valence electrons. The molecule has 0 aromatic carbocycles. The summed E-state index contributed by atoms with van der Waals surface area (Å²) in [5.41, 5.74) is -0.0303. The van der Waals surface area contributed by atoms with Crippen molar-refractivity contribution in [2.45, 2.75) is 65.4 Å². The van der Waals surface area contributed by atoms with Crippen molar-refractivity contribution < 1.29 is 5.11 Å². The lowest BCUT2D eigenvalue weighted by atomic mass is 9.64. The lowest BCUT2D eigenvalue weighted by Gasteiger charge is -2.45. The Morgan fingerprint density at radius 3 is 2.38 bits per heavy atom. The molecular weight excluding hydrogens is 160 g/mol. The zero-order valence-electron chi connectivity index (χ0n) is 9.56. The Kier molecular flexibility index (Phi) is 3.06. The van der Waals surface area contributed by atoms with E-state index in [4.69, 9.17) is 0 Å². The molecule has 1 heteroatoms. The van der Waals surface area contributed by atoms with E-state index in [0.29, 0.717) is 11.3 Å². The van der Waals surface area contributed by atoms with Gasteiger partial charge < -0.3 is 5.11 Å². The predicted molar refractivity (Wildman–Crippen MR) is 56.7 cm³/mol. The smallest absolute Gasteiger partial charge is 0.0627 e. The second-order valence-corrected chi connectivity index (χ2v) is 5.75. The van der Waals surface area contributed by atoms with Crippen molar-refractivity contribution in [2.24, 2.45) is 11.3 Å². The van der Waals surface area contributed by atoms with E-state index in [9.17, 15) is 5.11 Å². The monoisotopic (exact) mass is 184 g/mol. The minimum Gasteiger partial charge on any atom is -0.390 e. The van der Waals surface area contributed by atoms with Crippen molar-refractivity contribution in [3.63, 3.8) is 0 Å². The van der Waals surface area contributed by atoms with E-state index in [1.54, 1.807) is 0 Å². The molecule has 0 unspecified atom stereocenters. The summed E-state index contributed by atoms with van der Waals surface area (Å²) >= 11 is 0. The van der Waals surface area contributed by atoms with Crippen LogP contribution in [0.3, 0.4) is 0 Å². The van der Waals surface area contributed by atoms with Gasteiger partial charge in [0.1, 0.15) is 0 Å². The Morgan fingerprint density at radius 2 is 1.92 bits per heavy atom. The van der Waals surface area contributed by atoms with Gasteiger partial charge in [-0.25, -0.2) is 0 Å². The number of aliphatic hydroxyl groups is 1. The minimum atomic E-state index is -0.415. The van der Waals surface area contributed by atoms with Crippen LogP contribution in [0.1, 0.15) is 59.8 Å². The molecule has 1 saturated carbocycles. The third-order valence-corrected chi connectivity index (χ3v) is 3.29. The molecular formula is C12H24O.